The predicted octanol–water partition coefficient (Wildman–Crippen LogP) is 14.4. The number of furan rings is 1. The lowest BCUT2D eigenvalue weighted by Gasteiger charge is -2.28. The van der Waals surface area contributed by atoms with E-state index in [-0.39, 0.29) is 49.5 Å². The molecular formula is C50H33NO. The van der Waals surface area contributed by atoms with E-state index in [4.69, 9.17) is 18.1 Å². The molecule has 244 valence electrons. The molecule has 0 aliphatic carbocycles. The zero-order valence-corrected chi connectivity index (χ0v) is 27.4. The van der Waals surface area contributed by atoms with Crippen molar-refractivity contribution in [3.63, 3.8) is 0 Å². The highest BCUT2D eigenvalue weighted by Crippen LogP contribution is 2.45. The zero-order valence-electron chi connectivity index (χ0n) is 40.4. The van der Waals surface area contributed by atoms with Crippen LogP contribution in [0.2, 0.25) is 0 Å². The molecule has 0 N–H and O–H groups in total. The first kappa shape index (κ1) is 19.5. The molecule has 2 nitrogen and oxygen atoms in total. The Morgan fingerprint density at radius 1 is 0.365 bits per heavy atom. The van der Waals surface area contributed by atoms with E-state index in [0.717, 1.165) is 33.0 Å². The molecule has 0 fully saturated rings. The Balaban J connectivity index is 1.31. The van der Waals surface area contributed by atoms with E-state index in [0.29, 0.717) is 11.4 Å². The molecule has 0 saturated carbocycles. The number of hydrogen-bond donors (Lipinski definition) is 0. The number of benzene rings is 9. The quantitative estimate of drug-likeness (QED) is 0.174. The summed E-state index contributed by atoms with van der Waals surface area (Å²) in [6.07, 6.45) is 0. The van der Waals surface area contributed by atoms with E-state index in [1.807, 2.05) is 121 Å². The fraction of sp³-hybridized carbons (Fsp3) is 0. The molecule has 10 aromatic rings. The number of fused-ring (bicyclic) bond motifs is 6. The second-order valence-electron chi connectivity index (χ2n) is 12.3. The van der Waals surface area contributed by atoms with E-state index >= 15 is 0 Å². The fourth-order valence-corrected chi connectivity index (χ4v) is 6.87. The number of nitrogens with zero attached hydrogens (tertiary/aromatic N) is 1. The van der Waals surface area contributed by atoms with Crippen LogP contribution in [0, 0.1) is 0 Å². The van der Waals surface area contributed by atoms with Gasteiger partial charge in [0.2, 0.25) is 0 Å². The first-order chi connectivity index (χ1) is 31.2. The molecule has 0 bridgehead atoms. The highest BCUT2D eigenvalue weighted by atomic mass is 16.3. The molecule has 0 aliphatic heterocycles. The van der Waals surface area contributed by atoms with Crippen molar-refractivity contribution in [3.05, 3.63) is 200 Å². The van der Waals surface area contributed by atoms with Gasteiger partial charge in [0.15, 0.2) is 0 Å². The summed E-state index contributed by atoms with van der Waals surface area (Å²) in [5.41, 5.74) is 3.32. The van der Waals surface area contributed by atoms with Gasteiger partial charge in [-0.15, -0.1) is 0 Å². The average molecular weight is 677 g/mol. The molecule has 0 unspecified atom stereocenters. The van der Waals surface area contributed by atoms with Crippen LogP contribution in [0.15, 0.2) is 204 Å². The van der Waals surface area contributed by atoms with Gasteiger partial charge < -0.3 is 9.32 Å². The molecule has 0 amide bonds. The predicted molar refractivity (Wildman–Crippen MR) is 220 cm³/mol. The Kier molecular flexibility index (Phi) is 4.67. The third-order valence-electron chi connectivity index (χ3n) is 9.34. The summed E-state index contributed by atoms with van der Waals surface area (Å²) in [5.74, 6) is 0. The van der Waals surface area contributed by atoms with Crippen LogP contribution in [0.25, 0.3) is 76.9 Å². The molecule has 0 spiro atoms. The molecule has 1 heterocycles. The number of para-hydroxylation sites is 2. The normalized spacial score (nSPS) is 15.0. The number of rotatable bonds is 6. The Hall–Kier alpha value is -6.90. The van der Waals surface area contributed by atoms with Crippen molar-refractivity contribution in [1.29, 1.82) is 0 Å². The van der Waals surface area contributed by atoms with Crippen LogP contribution >= 0.6 is 0 Å². The van der Waals surface area contributed by atoms with Crippen LogP contribution in [-0.2, 0) is 0 Å². The maximum Gasteiger partial charge on any atom is 0.143 e. The highest BCUT2D eigenvalue weighted by molar-refractivity contribution is 6.17. The Bertz CT molecular complexity index is 3620. The molecule has 10 rings (SSSR count). The minimum atomic E-state index is -0.659. The Labute approximate surface area is 320 Å². The SMILES string of the molecule is [2H]c1c([2H])c([2H])c(N(c2ccc(-c3ccccc3)cc2)c2ccc(-c3cccc4ccccc34)cc2)c(-c2c([2H])c([2H])c([2H])c3c2oc2c4c([2H])c([2H])c([2H])c([2H])c4c([2H])c([2H])c23)c1[2H]. The van der Waals surface area contributed by atoms with Crippen LogP contribution in [-0.4, -0.2) is 0 Å². The van der Waals surface area contributed by atoms with Crippen molar-refractivity contribution in [3.8, 4) is 33.4 Å². The van der Waals surface area contributed by atoms with E-state index in [1.54, 1.807) is 4.90 Å². The Morgan fingerprint density at radius 2 is 1.00 bits per heavy atom. The van der Waals surface area contributed by atoms with E-state index in [2.05, 4.69) is 0 Å². The maximum atomic E-state index is 9.60. The van der Waals surface area contributed by atoms with Crippen molar-refractivity contribution in [1.82, 2.24) is 0 Å². The second-order valence-corrected chi connectivity index (χ2v) is 12.3. The van der Waals surface area contributed by atoms with Gasteiger partial charge in [-0.3, -0.25) is 0 Å². The van der Waals surface area contributed by atoms with Gasteiger partial charge in [0.25, 0.3) is 0 Å². The van der Waals surface area contributed by atoms with Crippen LogP contribution < -0.4 is 4.90 Å². The smallest absolute Gasteiger partial charge is 0.143 e. The van der Waals surface area contributed by atoms with Crippen LogP contribution in [0.1, 0.15) is 17.8 Å². The van der Waals surface area contributed by atoms with Crippen LogP contribution in [0.3, 0.4) is 0 Å². The molecule has 0 saturated heterocycles. The van der Waals surface area contributed by atoms with Gasteiger partial charge in [0.1, 0.15) is 11.2 Å². The lowest BCUT2D eigenvalue weighted by molar-refractivity contribution is 0.674. The van der Waals surface area contributed by atoms with Gasteiger partial charge in [-0.1, -0.05) is 164 Å². The van der Waals surface area contributed by atoms with Crippen LogP contribution in [0.5, 0.6) is 0 Å². The highest BCUT2D eigenvalue weighted by Gasteiger charge is 2.21. The van der Waals surface area contributed by atoms with E-state index in [1.165, 1.54) is 0 Å². The molecule has 1 aromatic heterocycles. The summed E-state index contributed by atoms with van der Waals surface area (Å²) >= 11 is 0. The standard InChI is InChI=1S/C50H33NO/c1-2-12-34(13-3-1)35-24-29-39(30-25-35)51(40-31-26-38(27-32-40)42-20-10-16-36-14-4-6-17-41(36)42)48-23-9-8-19-44(48)45-21-11-22-46-47-33-28-37-15-5-7-18-43(37)49(47)52-50(45)46/h1-33H/i5D,7D,8D,9D,11D,15D,18D,19D,21D,22D,23D,28D,33D. The molecule has 52 heavy (non-hydrogen) atoms. The van der Waals surface area contributed by atoms with Crippen molar-refractivity contribution in [2.24, 2.45) is 0 Å². The number of anilines is 3. The molecule has 0 radical (unpaired) electrons. The van der Waals surface area contributed by atoms with Gasteiger partial charge in [-0.25, -0.2) is 0 Å². The summed E-state index contributed by atoms with van der Waals surface area (Å²) in [4.78, 5) is 1.64. The largest absolute Gasteiger partial charge is 0.455 e. The first-order valence-corrected chi connectivity index (χ1v) is 16.7. The van der Waals surface area contributed by atoms with Gasteiger partial charge in [0.05, 0.1) is 23.5 Å². The topological polar surface area (TPSA) is 16.4 Å². The van der Waals surface area contributed by atoms with Crippen molar-refractivity contribution in [2.45, 2.75) is 0 Å². The van der Waals surface area contributed by atoms with Gasteiger partial charge >= 0.3 is 0 Å². The van der Waals surface area contributed by atoms with E-state index < -0.39 is 78.6 Å². The molecule has 0 aliphatic rings. The van der Waals surface area contributed by atoms with E-state index in [9.17, 15) is 4.11 Å². The zero-order chi connectivity index (χ0) is 45.7. The molecule has 9 aromatic carbocycles. The monoisotopic (exact) mass is 676 g/mol. The van der Waals surface area contributed by atoms with Crippen molar-refractivity contribution < 1.29 is 22.2 Å². The minimum absolute atomic E-state index is 0.118. The van der Waals surface area contributed by atoms with Crippen molar-refractivity contribution >= 4 is 60.5 Å². The molecule has 0 atom stereocenters. The van der Waals surface area contributed by atoms with Crippen LogP contribution in [0.4, 0.5) is 17.1 Å². The fourth-order valence-electron chi connectivity index (χ4n) is 6.87. The van der Waals surface area contributed by atoms with Gasteiger partial charge in [0, 0.05) is 38.7 Å². The van der Waals surface area contributed by atoms with Crippen molar-refractivity contribution in [2.75, 3.05) is 4.90 Å². The summed E-state index contributed by atoms with van der Waals surface area (Å²) in [6.45, 7) is 0. The first-order valence-electron chi connectivity index (χ1n) is 23.2. The maximum absolute atomic E-state index is 9.60. The summed E-state index contributed by atoms with van der Waals surface area (Å²) in [5, 5.41) is 1.13. The third-order valence-corrected chi connectivity index (χ3v) is 9.34. The molecular weight excluding hydrogens is 631 g/mol. The summed E-state index contributed by atoms with van der Waals surface area (Å²) < 4.78 is 123. The average Bonchev–Trinajstić information content (AvgIpc) is 3.73. The summed E-state index contributed by atoms with van der Waals surface area (Å²) in [7, 11) is 0. The van der Waals surface area contributed by atoms with Gasteiger partial charge in [-0.05, 0) is 74.8 Å². The lowest BCUT2D eigenvalue weighted by atomic mass is 9.97. The minimum Gasteiger partial charge on any atom is -0.455 e. The van der Waals surface area contributed by atoms with Gasteiger partial charge in [-0.2, -0.15) is 0 Å². The second kappa shape index (κ2) is 12.5. The molecule has 2 heteroatoms. The summed E-state index contributed by atoms with van der Waals surface area (Å²) in [6, 6.07) is 30.9. The number of hydrogen-bond acceptors (Lipinski definition) is 2. The lowest BCUT2D eigenvalue weighted by Crippen LogP contribution is -2.11. The Morgan fingerprint density at radius 3 is 1.85 bits per heavy atom. The third kappa shape index (κ3) is 5.04.